The first-order chi connectivity index (χ1) is 10.3. The average molecular weight is 346 g/mol. The smallest absolute Gasteiger partial charge is 0.242 e. The standard InChI is InChI=1S/C15H21Cl2N3O2/c1-4-18-15(22)10(2)19-14(21)9-20(3)8-11-5-6-12(16)7-13(11)17/h5-7,10H,4,8-9H2,1-3H3,(H,18,22)(H,19,21)/t10-/m0/s1. The molecule has 122 valence electrons. The SMILES string of the molecule is CCNC(=O)[C@H](C)NC(=O)CN(C)Cc1ccc(Cl)cc1Cl. The minimum Gasteiger partial charge on any atom is -0.355 e. The predicted molar refractivity (Wildman–Crippen MR) is 89.1 cm³/mol. The summed E-state index contributed by atoms with van der Waals surface area (Å²) in [6.07, 6.45) is 0. The highest BCUT2D eigenvalue weighted by Gasteiger charge is 2.16. The Bertz CT molecular complexity index is 538. The van der Waals surface area contributed by atoms with E-state index in [1.165, 1.54) is 0 Å². The maximum Gasteiger partial charge on any atom is 0.242 e. The molecule has 1 atom stereocenters. The molecule has 1 aromatic carbocycles. The second-order valence-electron chi connectivity index (χ2n) is 5.09. The summed E-state index contributed by atoms with van der Waals surface area (Å²) in [4.78, 5) is 25.3. The van der Waals surface area contributed by atoms with Crippen LogP contribution in [0.3, 0.4) is 0 Å². The number of carbonyl (C=O) groups excluding carboxylic acids is 2. The summed E-state index contributed by atoms with van der Waals surface area (Å²) in [6, 6.07) is 4.70. The van der Waals surface area contributed by atoms with Gasteiger partial charge in [-0.25, -0.2) is 0 Å². The van der Waals surface area contributed by atoms with Gasteiger partial charge >= 0.3 is 0 Å². The number of halogens is 2. The molecule has 0 saturated heterocycles. The lowest BCUT2D eigenvalue weighted by Crippen LogP contribution is -2.47. The Morgan fingerprint density at radius 3 is 2.59 bits per heavy atom. The van der Waals surface area contributed by atoms with Crippen molar-refractivity contribution in [1.29, 1.82) is 0 Å². The molecule has 0 heterocycles. The van der Waals surface area contributed by atoms with Gasteiger partial charge in [-0.2, -0.15) is 0 Å². The Hall–Kier alpha value is -1.30. The van der Waals surface area contributed by atoms with E-state index in [0.29, 0.717) is 23.1 Å². The molecule has 22 heavy (non-hydrogen) atoms. The van der Waals surface area contributed by atoms with Gasteiger partial charge in [0.2, 0.25) is 11.8 Å². The number of rotatable bonds is 7. The van der Waals surface area contributed by atoms with Gasteiger partial charge in [0, 0.05) is 23.1 Å². The summed E-state index contributed by atoms with van der Waals surface area (Å²) in [5, 5.41) is 6.46. The van der Waals surface area contributed by atoms with Crippen LogP contribution in [0.25, 0.3) is 0 Å². The molecule has 1 rings (SSSR count). The number of hydrogen-bond acceptors (Lipinski definition) is 3. The molecule has 0 fully saturated rings. The van der Waals surface area contributed by atoms with Gasteiger partial charge in [-0.05, 0) is 38.6 Å². The molecule has 0 radical (unpaired) electrons. The maximum absolute atomic E-state index is 11.9. The van der Waals surface area contributed by atoms with Crippen molar-refractivity contribution >= 4 is 35.0 Å². The van der Waals surface area contributed by atoms with Crippen LogP contribution >= 0.6 is 23.2 Å². The van der Waals surface area contributed by atoms with Gasteiger partial charge in [0.15, 0.2) is 0 Å². The van der Waals surface area contributed by atoms with Crippen LogP contribution in [-0.2, 0) is 16.1 Å². The monoisotopic (exact) mass is 345 g/mol. The Morgan fingerprint density at radius 1 is 1.32 bits per heavy atom. The van der Waals surface area contributed by atoms with Crippen molar-refractivity contribution in [3.63, 3.8) is 0 Å². The van der Waals surface area contributed by atoms with Crippen LogP contribution in [0.5, 0.6) is 0 Å². The number of likely N-dealkylation sites (N-methyl/N-ethyl adjacent to an activating group) is 2. The molecule has 2 amide bonds. The van der Waals surface area contributed by atoms with Crippen molar-refractivity contribution in [3.05, 3.63) is 33.8 Å². The maximum atomic E-state index is 11.9. The van der Waals surface area contributed by atoms with E-state index < -0.39 is 6.04 Å². The largest absolute Gasteiger partial charge is 0.355 e. The normalized spacial score (nSPS) is 12.1. The molecule has 0 saturated carbocycles. The molecule has 0 unspecified atom stereocenters. The van der Waals surface area contributed by atoms with Crippen LogP contribution in [-0.4, -0.2) is 42.9 Å². The molecule has 7 heteroatoms. The van der Waals surface area contributed by atoms with Crippen molar-refractivity contribution in [2.45, 2.75) is 26.4 Å². The fraction of sp³-hybridized carbons (Fsp3) is 0.467. The van der Waals surface area contributed by atoms with Gasteiger partial charge in [-0.15, -0.1) is 0 Å². The highest BCUT2D eigenvalue weighted by atomic mass is 35.5. The first-order valence-corrected chi connectivity index (χ1v) is 7.78. The third-order valence-electron chi connectivity index (χ3n) is 2.99. The third-order valence-corrected chi connectivity index (χ3v) is 3.58. The summed E-state index contributed by atoms with van der Waals surface area (Å²) in [5.41, 5.74) is 0.887. The van der Waals surface area contributed by atoms with E-state index in [9.17, 15) is 9.59 Å². The fourth-order valence-electron chi connectivity index (χ4n) is 1.92. The molecular weight excluding hydrogens is 325 g/mol. The van der Waals surface area contributed by atoms with Crippen molar-refractivity contribution in [3.8, 4) is 0 Å². The molecule has 1 aromatic rings. The quantitative estimate of drug-likeness (QED) is 0.795. The zero-order chi connectivity index (χ0) is 16.7. The topological polar surface area (TPSA) is 61.4 Å². The lowest BCUT2D eigenvalue weighted by molar-refractivity contribution is -0.129. The number of hydrogen-bond donors (Lipinski definition) is 2. The molecular formula is C15H21Cl2N3O2. The van der Waals surface area contributed by atoms with Crippen molar-refractivity contribution < 1.29 is 9.59 Å². The zero-order valence-electron chi connectivity index (χ0n) is 13.0. The van der Waals surface area contributed by atoms with Crippen LogP contribution in [0.15, 0.2) is 18.2 Å². The van der Waals surface area contributed by atoms with Crippen LogP contribution < -0.4 is 10.6 Å². The van der Waals surface area contributed by atoms with E-state index in [2.05, 4.69) is 10.6 Å². The second kappa shape index (κ2) is 8.98. The first-order valence-electron chi connectivity index (χ1n) is 7.03. The van der Waals surface area contributed by atoms with Crippen molar-refractivity contribution in [2.75, 3.05) is 20.1 Å². The Balaban J connectivity index is 2.48. The van der Waals surface area contributed by atoms with Gasteiger partial charge < -0.3 is 10.6 Å². The van der Waals surface area contributed by atoms with E-state index in [-0.39, 0.29) is 18.4 Å². The van der Waals surface area contributed by atoms with Gasteiger partial charge in [0.25, 0.3) is 0 Å². The van der Waals surface area contributed by atoms with Gasteiger partial charge in [-0.3, -0.25) is 14.5 Å². The van der Waals surface area contributed by atoms with Crippen LogP contribution in [0.1, 0.15) is 19.4 Å². The number of amides is 2. The number of benzene rings is 1. The van der Waals surface area contributed by atoms with Crippen LogP contribution in [0, 0.1) is 0 Å². The first kappa shape index (κ1) is 18.7. The van der Waals surface area contributed by atoms with Crippen LogP contribution in [0.2, 0.25) is 10.0 Å². The van der Waals surface area contributed by atoms with E-state index >= 15 is 0 Å². The summed E-state index contributed by atoms with van der Waals surface area (Å²) in [6.45, 7) is 4.70. The molecule has 0 aliphatic heterocycles. The minimum absolute atomic E-state index is 0.169. The summed E-state index contributed by atoms with van der Waals surface area (Å²) in [5.74, 6) is -0.411. The molecule has 0 bridgehead atoms. The van der Waals surface area contributed by atoms with Gasteiger partial charge in [0.1, 0.15) is 6.04 Å². The zero-order valence-corrected chi connectivity index (χ0v) is 14.5. The molecule has 2 N–H and O–H groups in total. The highest BCUT2D eigenvalue weighted by Crippen LogP contribution is 2.21. The van der Waals surface area contributed by atoms with E-state index in [1.54, 1.807) is 26.1 Å². The van der Waals surface area contributed by atoms with Crippen LogP contribution in [0.4, 0.5) is 0 Å². The van der Waals surface area contributed by atoms with E-state index in [4.69, 9.17) is 23.2 Å². The molecule has 0 aromatic heterocycles. The summed E-state index contributed by atoms with van der Waals surface area (Å²) in [7, 11) is 1.81. The average Bonchev–Trinajstić information content (AvgIpc) is 2.42. The lowest BCUT2D eigenvalue weighted by Gasteiger charge is -2.19. The predicted octanol–water partition coefficient (Wildman–Crippen LogP) is 2.07. The molecule has 0 aliphatic rings. The van der Waals surface area contributed by atoms with Crippen molar-refractivity contribution in [1.82, 2.24) is 15.5 Å². The molecule has 0 aliphatic carbocycles. The minimum atomic E-state index is -0.556. The van der Waals surface area contributed by atoms with E-state index in [0.717, 1.165) is 5.56 Å². The summed E-state index contributed by atoms with van der Waals surface area (Å²) < 4.78 is 0. The summed E-state index contributed by atoms with van der Waals surface area (Å²) >= 11 is 12.0. The second-order valence-corrected chi connectivity index (χ2v) is 5.94. The lowest BCUT2D eigenvalue weighted by atomic mass is 10.2. The Kier molecular flexibility index (Phi) is 7.65. The number of nitrogens with one attached hydrogen (secondary N) is 2. The third kappa shape index (κ3) is 6.22. The number of carbonyl (C=O) groups is 2. The van der Waals surface area contributed by atoms with Gasteiger partial charge in [0.05, 0.1) is 6.54 Å². The number of nitrogens with zero attached hydrogens (tertiary/aromatic N) is 1. The van der Waals surface area contributed by atoms with Crippen molar-refractivity contribution in [2.24, 2.45) is 0 Å². The van der Waals surface area contributed by atoms with E-state index in [1.807, 2.05) is 17.9 Å². The van der Waals surface area contributed by atoms with Gasteiger partial charge in [-0.1, -0.05) is 29.3 Å². The Labute approximate surface area is 141 Å². The Morgan fingerprint density at radius 2 is 2.00 bits per heavy atom. The molecule has 0 spiro atoms. The fourth-order valence-corrected chi connectivity index (χ4v) is 2.39. The highest BCUT2D eigenvalue weighted by molar-refractivity contribution is 6.35. The molecule has 5 nitrogen and oxygen atoms in total.